The number of carbonyl (C=O) groups excluding carboxylic acids is 1. The van der Waals surface area contributed by atoms with E-state index in [4.69, 9.17) is 6.42 Å². The minimum atomic E-state index is 0.389. The Hall–Kier alpha value is -2.28. The number of carbonyl (C=O) groups is 1. The molecule has 0 unspecified atom stereocenters. The van der Waals surface area contributed by atoms with Crippen LogP contribution in [0, 0.1) is 12.3 Å². The lowest BCUT2D eigenvalue weighted by molar-refractivity contribution is -0.109. The van der Waals surface area contributed by atoms with Gasteiger partial charge in [0.2, 0.25) is 6.41 Å². The molecule has 1 aromatic heterocycles. The molecule has 0 aliphatic rings. The molecule has 1 heterocycles. The van der Waals surface area contributed by atoms with Crippen molar-refractivity contribution in [3.05, 3.63) is 30.1 Å². The van der Waals surface area contributed by atoms with Crippen molar-refractivity contribution in [3.63, 3.8) is 0 Å². The molecule has 0 radical (unpaired) electrons. The molecule has 0 aliphatic carbocycles. The molecule has 0 saturated heterocycles. The van der Waals surface area contributed by atoms with E-state index in [-0.39, 0.29) is 0 Å². The number of imidazole rings is 1. The number of hydrogen-bond acceptors (Lipinski definition) is 2. The van der Waals surface area contributed by atoms with Gasteiger partial charge in [0.15, 0.2) is 0 Å². The van der Waals surface area contributed by atoms with Gasteiger partial charge < -0.3 is 9.88 Å². The summed E-state index contributed by atoms with van der Waals surface area (Å²) < 4.78 is 1.92. The molecule has 2 aromatic rings. The van der Waals surface area contributed by atoms with Gasteiger partial charge in [-0.05, 0) is 12.1 Å². The third-order valence-electron chi connectivity index (χ3n) is 2.33. The third kappa shape index (κ3) is 1.75. The Balaban J connectivity index is 2.50. The molecule has 0 aliphatic heterocycles. The molecule has 0 atom stereocenters. The van der Waals surface area contributed by atoms with Crippen LogP contribution in [0.25, 0.3) is 11.0 Å². The number of para-hydroxylation sites is 2. The quantitative estimate of drug-likeness (QED) is 0.606. The first-order valence-electron chi connectivity index (χ1n) is 4.91. The summed E-state index contributed by atoms with van der Waals surface area (Å²) in [5.41, 5.74) is 1.88. The average molecular weight is 213 g/mol. The molecule has 4 heteroatoms. The van der Waals surface area contributed by atoms with E-state index in [9.17, 15) is 4.79 Å². The average Bonchev–Trinajstić information content (AvgIpc) is 2.66. The molecule has 2 rings (SSSR count). The van der Waals surface area contributed by atoms with Crippen molar-refractivity contribution >= 4 is 17.4 Å². The van der Waals surface area contributed by atoms with Gasteiger partial charge in [-0.15, -0.1) is 6.42 Å². The molecule has 4 nitrogen and oxygen atoms in total. The Labute approximate surface area is 93.3 Å². The van der Waals surface area contributed by atoms with Crippen LogP contribution in [0.3, 0.4) is 0 Å². The fraction of sp³-hybridized carbons (Fsp3) is 0.167. The lowest BCUT2D eigenvalue weighted by Crippen LogP contribution is -2.14. The summed E-state index contributed by atoms with van der Waals surface area (Å²) in [6, 6.07) is 7.75. The Morgan fingerprint density at radius 3 is 3.06 bits per heavy atom. The van der Waals surface area contributed by atoms with Gasteiger partial charge in [-0.1, -0.05) is 18.1 Å². The van der Waals surface area contributed by atoms with Crippen molar-refractivity contribution in [2.24, 2.45) is 0 Å². The maximum atomic E-state index is 10.3. The summed E-state index contributed by atoms with van der Waals surface area (Å²) in [6.45, 7) is 0.843. The van der Waals surface area contributed by atoms with E-state index >= 15 is 0 Å². The number of nitrogens with zero attached hydrogens (tertiary/aromatic N) is 2. The highest BCUT2D eigenvalue weighted by atomic mass is 16.1. The Kier molecular flexibility index (Phi) is 2.88. The number of amides is 1. The molecule has 0 bridgehead atoms. The zero-order valence-electron chi connectivity index (χ0n) is 8.68. The molecular formula is C12H11N3O. The van der Waals surface area contributed by atoms with Crippen LogP contribution in [-0.2, 0) is 17.9 Å². The fourth-order valence-corrected chi connectivity index (χ4v) is 1.66. The van der Waals surface area contributed by atoms with Crippen molar-refractivity contribution in [1.82, 2.24) is 14.9 Å². The molecule has 80 valence electrons. The Morgan fingerprint density at radius 1 is 1.50 bits per heavy atom. The first-order chi connectivity index (χ1) is 7.86. The Morgan fingerprint density at radius 2 is 2.31 bits per heavy atom. The summed E-state index contributed by atoms with van der Waals surface area (Å²) in [5.74, 6) is 3.36. The van der Waals surface area contributed by atoms with E-state index in [0.29, 0.717) is 19.5 Å². The maximum absolute atomic E-state index is 10.3. The topological polar surface area (TPSA) is 46.9 Å². The number of fused-ring (bicyclic) bond motifs is 1. The van der Waals surface area contributed by atoms with Crippen LogP contribution in [0.15, 0.2) is 24.3 Å². The molecule has 0 saturated carbocycles. The SMILES string of the molecule is C#CCn1c(CNC=O)nc2ccccc21. The van der Waals surface area contributed by atoms with Crippen LogP contribution in [-0.4, -0.2) is 16.0 Å². The molecule has 1 aromatic carbocycles. The molecule has 0 spiro atoms. The van der Waals surface area contributed by atoms with E-state index in [0.717, 1.165) is 16.9 Å². The standard InChI is InChI=1S/C12H11N3O/c1-2-7-15-11-6-4-3-5-10(11)14-12(15)8-13-9-16/h1,3-6,9H,7-8H2,(H,13,16). The zero-order valence-corrected chi connectivity index (χ0v) is 8.68. The van der Waals surface area contributed by atoms with Crippen LogP contribution < -0.4 is 5.32 Å². The van der Waals surface area contributed by atoms with E-state index in [1.165, 1.54) is 0 Å². The van der Waals surface area contributed by atoms with Crippen LogP contribution in [0.5, 0.6) is 0 Å². The van der Waals surface area contributed by atoms with Gasteiger partial charge in [0, 0.05) is 0 Å². The maximum Gasteiger partial charge on any atom is 0.207 e. The lowest BCUT2D eigenvalue weighted by Gasteiger charge is -2.03. The summed E-state index contributed by atoms with van der Waals surface area (Å²) in [4.78, 5) is 14.7. The smallest absolute Gasteiger partial charge is 0.207 e. The van der Waals surface area contributed by atoms with Gasteiger partial charge >= 0.3 is 0 Å². The van der Waals surface area contributed by atoms with Crippen LogP contribution in [0.1, 0.15) is 5.82 Å². The highest BCUT2D eigenvalue weighted by Gasteiger charge is 2.08. The normalized spacial score (nSPS) is 9.94. The fourth-order valence-electron chi connectivity index (χ4n) is 1.66. The molecule has 0 fully saturated rings. The summed E-state index contributed by atoms with van der Waals surface area (Å²) in [5, 5.41) is 2.59. The second-order valence-corrected chi connectivity index (χ2v) is 3.31. The van der Waals surface area contributed by atoms with E-state index in [2.05, 4.69) is 16.2 Å². The lowest BCUT2D eigenvalue weighted by atomic mass is 10.3. The zero-order chi connectivity index (χ0) is 11.4. The first-order valence-corrected chi connectivity index (χ1v) is 4.91. The van der Waals surface area contributed by atoms with E-state index < -0.39 is 0 Å². The van der Waals surface area contributed by atoms with Crippen molar-refractivity contribution in [2.45, 2.75) is 13.1 Å². The largest absolute Gasteiger partial charge is 0.351 e. The predicted octanol–water partition coefficient (Wildman–Crippen LogP) is 0.915. The molecule has 16 heavy (non-hydrogen) atoms. The number of benzene rings is 1. The molecule has 1 N–H and O–H groups in total. The number of hydrogen-bond donors (Lipinski definition) is 1. The number of aromatic nitrogens is 2. The number of rotatable bonds is 4. The van der Waals surface area contributed by atoms with Crippen LogP contribution in [0.2, 0.25) is 0 Å². The van der Waals surface area contributed by atoms with Gasteiger partial charge in [0.05, 0.1) is 24.1 Å². The van der Waals surface area contributed by atoms with Crippen LogP contribution in [0.4, 0.5) is 0 Å². The van der Waals surface area contributed by atoms with E-state index in [1.807, 2.05) is 28.8 Å². The van der Waals surface area contributed by atoms with Crippen molar-refractivity contribution in [1.29, 1.82) is 0 Å². The summed E-state index contributed by atoms with van der Waals surface area (Å²) in [7, 11) is 0. The number of terminal acetylenes is 1. The van der Waals surface area contributed by atoms with Gasteiger partial charge in [-0.2, -0.15) is 0 Å². The van der Waals surface area contributed by atoms with Gasteiger partial charge in [-0.25, -0.2) is 4.98 Å². The van der Waals surface area contributed by atoms with Crippen LogP contribution >= 0.6 is 0 Å². The molecule has 1 amide bonds. The highest BCUT2D eigenvalue weighted by Crippen LogP contribution is 2.15. The summed E-state index contributed by atoms with van der Waals surface area (Å²) in [6.07, 6.45) is 5.97. The third-order valence-corrected chi connectivity index (χ3v) is 2.33. The van der Waals surface area contributed by atoms with Gasteiger partial charge in [-0.3, -0.25) is 4.79 Å². The van der Waals surface area contributed by atoms with Crippen molar-refractivity contribution in [3.8, 4) is 12.3 Å². The molecular weight excluding hydrogens is 202 g/mol. The van der Waals surface area contributed by atoms with Gasteiger partial charge in [0.25, 0.3) is 0 Å². The van der Waals surface area contributed by atoms with E-state index in [1.54, 1.807) is 0 Å². The second kappa shape index (κ2) is 4.49. The summed E-state index contributed by atoms with van der Waals surface area (Å²) >= 11 is 0. The monoisotopic (exact) mass is 213 g/mol. The minimum absolute atomic E-state index is 0.389. The predicted molar refractivity (Wildman–Crippen MR) is 61.5 cm³/mol. The Bertz CT molecular complexity index is 551. The second-order valence-electron chi connectivity index (χ2n) is 3.31. The highest BCUT2D eigenvalue weighted by molar-refractivity contribution is 5.76. The number of nitrogens with one attached hydrogen (secondary N) is 1. The van der Waals surface area contributed by atoms with Gasteiger partial charge in [0.1, 0.15) is 5.82 Å². The van der Waals surface area contributed by atoms with Crippen molar-refractivity contribution < 1.29 is 4.79 Å². The minimum Gasteiger partial charge on any atom is -0.351 e. The first kappa shape index (κ1) is 10.2. The van der Waals surface area contributed by atoms with Crippen molar-refractivity contribution in [2.75, 3.05) is 0 Å².